The fraction of sp³-hybridized carbons (Fsp3) is 0.500. The maximum absolute atomic E-state index is 12.5. The number of aryl methyl sites for hydroxylation is 1. The molecule has 0 bridgehead atoms. The van der Waals surface area contributed by atoms with Gasteiger partial charge in [0.1, 0.15) is 5.52 Å². The first-order valence-corrected chi connectivity index (χ1v) is 9.97. The standard InChI is InChI=1S/C22H30N4O2/c1-13(2)12-26-16(6)18(15(5)25-26)8-10-21(27)23-17-7-9-20-19(11-17)24-22(28-20)14(3)4/h7,9,11,13-14H,8,10,12H2,1-6H3,(H,23,27). The lowest BCUT2D eigenvalue weighted by atomic mass is 10.1. The molecule has 0 unspecified atom stereocenters. The van der Waals surface area contributed by atoms with Gasteiger partial charge in [0, 0.05) is 30.3 Å². The van der Waals surface area contributed by atoms with Crippen LogP contribution in [0.25, 0.3) is 11.1 Å². The van der Waals surface area contributed by atoms with E-state index in [0.29, 0.717) is 24.7 Å². The van der Waals surface area contributed by atoms with Crippen LogP contribution in [0.15, 0.2) is 22.6 Å². The van der Waals surface area contributed by atoms with Crippen molar-refractivity contribution in [2.75, 3.05) is 5.32 Å². The molecule has 0 spiro atoms. The van der Waals surface area contributed by atoms with Crippen LogP contribution >= 0.6 is 0 Å². The van der Waals surface area contributed by atoms with Crippen LogP contribution in [-0.2, 0) is 17.8 Å². The molecule has 6 nitrogen and oxygen atoms in total. The molecular weight excluding hydrogens is 352 g/mol. The van der Waals surface area contributed by atoms with Crippen LogP contribution in [0.1, 0.15) is 62.9 Å². The van der Waals surface area contributed by atoms with Crippen LogP contribution in [0.3, 0.4) is 0 Å². The highest BCUT2D eigenvalue weighted by Gasteiger charge is 2.15. The molecule has 0 radical (unpaired) electrons. The van der Waals surface area contributed by atoms with E-state index in [1.807, 2.05) is 39.0 Å². The van der Waals surface area contributed by atoms with Gasteiger partial charge < -0.3 is 9.73 Å². The van der Waals surface area contributed by atoms with Crippen LogP contribution in [0.2, 0.25) is 0 Å². The summed E-state index contributed by atoms with van der Waals surface area (Å²) in [4.78, 5) is 17.0. The first kappa shape index (κ1) is 20.1. The second kappa shape index (κ2) is 8.17. The summed E-state index contributed by atoms with van der Waals surface area (Å²) in [6.45, 7) is 13.4. The topological polar surface area (TPSA) is 73.0 Å². The first-order valence-electron chi connectivity index (χ1n) is 9.97. The smallest absolute Gasteiger partial charge is 0.224 e. The summed E-state index contributed by atoms with van der Waals surface area (Å²) in [5.41, 5.74) is 5.59. The molecule has 1 aromatic carbocycles. The molecule has 0 aliphatic carbocycles. The van der Waals surface area contributed by atoms with E-state index >= 15 is 0 Å². The predicted octanol–water partition coefficient (Wildman–Crippen LogP) is 4.99. The lowest BCUT2D eigenvalue weighted by Crippen LogP contribution is -2.13. The average Bonchev–Trinajstić information content (AvgIpc) is 3.14. The Labute approximate surface area is 166 Å². The van der Waals surface area contributed by atoms with Crippen LogP contribution in [0, 0.1) is 19.8 Å². The molecule has 1 amide bonds. The number of fused-ring (bicyclic) bond motifs is 1. The third kappa shape index (κ3) is 4.43. The summed E-state index contributed by atoms with van der Waals surface area (Å²) < 4.78 is 7.77. The van der Waals surface area contributed by atoms with Crippen molar-refractivity contribution in [1.29, 1.82) is 0 Å². The molecule has 0 saturated carbocycles. The first-order chi connectivity index (χ1) is 13.2. The Morgan fingerprint density at radius 3 is 2.64 bits per heavy atom. The van der Waals surface area contributed by atoms with E-state index in [2.05, 4.69) is 40.9 Å². The maximum Gasteiger partial charge on any atom is 0.224 e. The molecule has 0 aliphatic heterocycles. The maximum atomic E-state index is 12.5. The Balaban J connectivity index is 1.64. The summed E-state index contributed by atoms with van der Waals surface area (Å²) in [5.74, 6) is 1.47. The number of anilines is 1. The van der Waals surface area contributed by atoms with Gasteiger partial charge in [0.2, 0.25) is 5.91 Å². The second-order valence-corrected chi connectivity index (χ2v) is 8.16. The van der Waals surface area contributed by atoms with Crippen LogP contribution in [-0.4, -0.2) is 20.7 Å². The minimum atomic E-state index is -0.0117. The highest BCUT2D eigenvalue weighted by molar-refractivity contribution is 5.92. The van der Waals surface area contributed by atoms with Gasteiger partial charge in [-0.2, -0.15) is 5.10 Å². The fourth-order valence-electron chi connectivity index (χ4n) is 3.35. The Morgan fingerprint density at radius 2 is 1.96 bits per heavy atom. The Morgan fingerprint density at radius 1 is 1.21 bits per heavy atom. The molecule has 0 atom stereocenters. The van der Waals surface area contributed by atoms with E-state index in [9.17, 15) is 4.79 Å². The number of rotatable bonds is 7. The van der Waals surface area contributed by atoms with E-state index in [1.165, 1.54) is 5.56 Å². The second-order valence-electron chi connectivity index (χ2n) is 8.16. The lowest BCUT2D eigenvalue weighted by molar-refractivity contribution is -0.116. The summed E-state index contributed by atoms with van der Waals surface area (Å²) in [6, 6.07) is 5.57. The number of carbonyl (C=O) groups is 1. The van der Waals surface area contributed by atoms with Crippen molar-refractivity contribution < 1.29 is 9.21 Å². The highest BCUT2D eigenvalue weighted by atomic mass is 16.3. The highest BCUT2D eigenvalue weighted by Crippen LogP contribution is 2.24. The van der Waals surface area contributed by atoms with Gasteiger partial charge in [-0.1, -0.05) is 27.7 Å². The third-order valence-corrected chi connectivity index (χ3v) is 4.85. The fourth-order valence-corrected chi connectivity index (χ4v) is 3.35. The van der Waals surface area contributed by atoms with Crippen LogP contribution in [0.4, 0.5) is 5.69 Å². The summed E-state index contributed by atoms with van der Waals surface area (Å²) in [6.07, 6.45) is 1.11. The molecule has 28 heavy (non-hydrogen) atoms. The molecule has 1 N–H and O–H groups in total. The van der Waals surface area contributed by atoms with Gasteiger partial charge in [0.25, 0.3) is 0 Å². The SMILES string of the molecule is Cc1nn(CC(C)C)c(C)c1CCC(=O)Nc1ccc2oc(C(C)C)nc2c1. The Bertz CT molecular complexity index is 982. The molecule has 0 saturated heterocycles. The molecule has 150 valence electrons. The number of nitrogens with one attached hydrogen (secondary N) is 1. The van der Waals surface area contributed by atoms with Gasteiger partial charge in [0.15, 0.2) is 11.5 Å². The lowest BCUT2D eigenvalue weighted by Gasteiger charge is -2.08. The number of nitrogens with zero attached hydrogens (tertiary/aromatic N) is 3. The van der Waals surface area contributed by atoms with Gasteiger partial charge in [-0.3, -0.25) is 9.48 Å². The van der Waals surface area contributed by atoms with Crippen molar-refractivity contribution in [1.82, 2.24) is 14.8 Å². The number of amides is 1. The Kier molecular flexibility index (Phi) is 5.87. The summed E-state index contributed by atoms with van der Waals surface area (Å²) >= 11 is 0. The molecule has 2 heterocycles. The van der Waals surface area contributed by atoms with Gasteiger partial charge >= 0.3 is 0 Å². The van der Waals surface area contributed by atoms with Gasteiger partial charge in [-0.05, 0) is 49.9 Å². The number of hydrogen-bond acceptors (Lipinski definition) is 4. The van der Waals surface area contributed by atoms with Crippen molar-refractivity contribution in [3.8, 4) is 0 Å². The zero-order valence-corrected chi connectivity index (χ0v) is 17.7. The largest absolute Gasteiger partial charge is 0.440 e. The van der Waals surface area contributed by atoms with Crippen molar-refractivity contribution in [3.63, 3.8) is 0 Å². The molecule has 0 fully saturated rings. The number of carbonyl (C=O) groups excluding carboxylic acids is 1. The molecule has 3 rings (SSSR count). The molecular formula is C22H30N4O2. The van der Waals surface area contributed by atoms with Crippen LogP contribution < -0.4 is 5.32 Å². The molecule has 3 aromatic rings. The van der Waals surface area contributed by atoms with E-state index in [-0.39, 0.29) is 11.8 Å². The number of hydrogen-bond donors (Lipinski definition) is 1. The number of benzene rings is 1. The number of aromatic nitrogens is 3. The normalized spacial score (nSPS) is 11.7. The minimum absolute atomic E-state index is 0.0117. The Hall–Kier alpha value is -2.63. The van der Waals surface area contributed by atoms with Gasteiger partial charge in [-0.25, -0.2) is 4.98 Å². The van der Waals surface area contributed by atoms with Crippen LogP contribution in [0.5, 0.6) is 0 Å². The van der Waals surface area contributed by atoms with E-state index in [0.717, 1.165) is 34.7 Å². The molecule has 2 aromatic heterocycles. The average molecular weight is 383 g/mol. The monoisotopic (exact) mass is 382 g/mol. The van der Waals surface area contributed by atoms with Crippen molar-refractivity contribution in [2.45, 2.75) is 66.8 Å². The molecule has 0 aliphatic rings. The van der Waals surface area contributed by atoms with Crippen molar-refractivity contribution in [2.24, 2.45) is 5.92 Å². The summed E-state index contributed by atoms with van der Waals surface area (Å²) in [5, 5.41) is 7.60. The third-order valence-electron chi connectivity index (χ3n) is 4.85. The zero-order chi connectivity index (χ0) is 20.4. The number of oxazole rings is 1. The van der Waals surface area contributed by atoms with E-state index in [4.69, 9.17) is 4.42 Å². The van der Waals surface area contributed by atoms with E-state index < -0.39 is 0 Å². The molecule has 6 heteroatoms. The quantitative estimate of drug-likeness (QED) is 0.625. The minimum Gasteiger partial charge on any atom is -0.440 e. The van der Waals surface area contributed by atoms with Crippen molar-refractivity contribution in [3.05, 3.63) is 41.0 Å². The summed E-state index contributed by atoms with van der Waals surface area (Å²) in [7, 11) is 0. The van der Waals surface area contributed by atoms with Gasteiger partial charge in [-0.15, -0.1) is 0 Å². The zero-order valence-electron chi connectivity index (χ0n) is 17.7. The van der Waals surface area contributed by atoms with E-state index in [1.54, 1.807) is 0 Å². The van der Waals surface area contributed by atoms with Crippen molar-refractivity contribution >= 4 is 22.7 Å². The van der Waals surface area contributed by atoms with Gasteiger partial charge in [0.05, 0.1) is 5.69 Å². The predicted molar refractivity (Wildman–Crippen MR) is 112 cm³/mol.